The molecule has 0 fully saturated rings. The summed E-state index contributed by atoms with van der Waals surface area (Å²) in [5.74, 6) is -0.305. The van der Waals surface area contributed by atoms with Crippen molar-refractivity contribution in [2.24, 2.45) is 0 Å². The van der Waals surface area contributed by atoms with Crippen molar-refractivity contribution in [1.82, 2.24) is 4.37 Å². The van der Waals surface area contributed by atoms with Gasteiger partial charge in [-0.05, 0) is 29.7 Å². The number of nitrogens with zero attached hydrogens (tertiary/aromatic N) is 1. The molecule has 4 nitrogen and oxygen atoms in total. The van der Waals surface area contributed by atoms with Crippen LogP contribution in [0.3, 0.4) is 0 Å². The molecule has 2 rings (SSSR count). The first-order chi connectivity index (χ1) is 7.72. The van der Waals surface area contributed by atoms with Crippen molar-refractivity contribution in [2.45, 2.75) is 0 Å². The fourth-order valence-corrected chi connectivity index (χ4v) is 2.11. The van der Waals surface area contributed by atoms with E-state index in [0.717, 1.165) is 22.0 Å². The summed E-state index contributed by atoms with van der Waals surface area (Å²) in [4.78, 5) is 11.5. The lowest BCUT2D eigenvalue weighted by Crippen LogP contribution is -1.94. The third-order valence-corrected chi connectivity index (χ3v) is 2.92. The molecule has 0 radical (unpaired) electrons. The number of hydrogen-bond donors (Lipinski definition) is 1. The van der Waals surface area contributed by atoms with Gasteiger partial charge >= 0.3 is 5.97 Å². The van der Waals surface area contributed by atoms with Crippen LogP contribution in [0.5, 0.6) is 5.75 Å². The number of methoxy groups -OCH3 is 1. The first-order valence-corrected chi connectivity index (χ1v) is 5.33. The highest BCUT2D eigenvalue weighted by atomic mass is 32.1. The van der Waals surface area contributed by atoms with Crippen molar-refractivity contribution in [3.63, 3.8) is 0 Å². The van der Waals surface area contributed by atoms with Gasteiger partial charge in [0.15, 0.2) is 5.69 Å². The van der Waals surface area contributed by atoms with E-state index < -0.39 is 5.97 Å². The van der Waals surface area contributed by atoms with Crippen molar-refractivity contribution in [3.8, 4) is 16.2 Å². The Labute approximate surface area is 96.3 Å². The molecule has 0 aliphatic heterocycles. The second-order valence-electron chi connectivity index (χ2n) is 3.08. The Balaban J connectivity index is 2.46. The van der Waals surface area contributed by atoms with E-state index in [9.17, 15) is 4.79 Å². The molecular formula is C11H9NO3S. The summed E-state index contributed by atoms with van der Waals surface area (Å²) in [6.45, 7) is 0. The molecule has 0 saturated heterocycles. The van der Waals surface area contributed by atoms with Crippen LogP contribution in [-0.2, 0) is 0 Å². The Bertz CT molecular complexity index is 521. The molecule has 0 amide bonds. The van der Waals surface area contributed by atoms with Gasteiger partial charge in [0.1, 0.15) is 5.75 Å². The lowest BCUT2D eigenvalue weighted by molar-refractivity contribution is 0.0692. The number of ether oxygens (including phenoxy) is 1. The highest BCUT2D eigenvalue weighted by molar-refractivity contribution is 7.09. The zero-order valence-electron chi connectivity index (χ0n) is 8.51. The highest BCUT2D eigenvalue weighted by Crippen LogP contribution is 2.32. The van der Waals surface area contributed by atoms with E-state index in [0.29, 0.717) is 5.75 Å². The van der Waals surface area contributed by atoms with Crippen molar-refractivity contribution in [1.29, 1.82) is 0 Å². The maximum Gasteiger partial charge on any atom is 0.355 e. The zero-order valence-corrected chi connectivity index (χ0v) is 9.32. The number of benzene rings is 1. The summed E-state index contributed by atoms with van der Waals surface area (Å²) in [7, 11) is 1.58. The fourth-order valence-electron chi connectivity index (χ4n) is 1.35. The quantitative estimate of drug-likeness (QED) is 0.888. The molecule has 0 aliphatic rings. The topological polar surface area (TPSA) is 59.4 Å². The molecule has 0 atom stereocenters. The standard InChI is InChI=1S/C11H9NO3S/c1-15-9-5-3-2-4-7(9)10-6-8(11(13)14)12-16-10/h2-6H,1H3,(H,13,14). The van der Waals surface area contributed by atoms with E-state index in [4.69, 9.17) is 9.84 Å². The van der Waals surface area contributed by atoms with Gasteiger partial charge in [0.2, 0.25) is 0 Å². The van der Waals surface area contributed by atoms with Crippen LogP contribution in [-0.4, -0.2) is 22.6 Å². The van der Waals surface area contributed by atoms with Gasteiger partial charge in [-0.2, -0.15) is 4.37 Å². The Morgan fingerprint density at radius 2 is 2.19 bits per heavy atom. The van der Waals surface area contributed by atoms with Gasteiger partial charge < -0.3 is 9.84 Å². The van der Waals surface area contributed by atoms with Crippen LogP contribution in [0.15, 0.2) is 30.3 Å². The normalized spacial score (nSPS) is 10.1. The third kappa shape index (κ3) is 1.90. The van der Waals surface area contributed by atoms with Gasteiger partial charge in [0, 0.05) is 5.56 Å². The minimum atomic E-state index is -1.02. The molecule has 2 aromatic rings. The Morgan fingerprint density at radius 3 is 2.81 bits per heavy atom. The van der Waals surface area contributed by atoms with E-state index in [2.05, 4.69) is 4.37 Å². The van der Waals surface area contributed by atoms with Gasteiger partial charge in [-0.3, -0.25) is 0 Å². The Hall–Kier alpha value is -1.88. The van der Waals surface area contributed by atoms with Gasteiger partial charge in [-0.1, -0.05) is 12.1 Å². The van der Waals surface area contributed by atoms with Crippen molar-refractivity contribution in [3.05, 3.63) is 36.0 Å². The van der Waals surface area contributed by atoms with Crippen LogP contribution in [0.1, 0.15) is 10.5 Å². The number of hydrogen-bond acceptors (Lipinski definition) is 4. The molecule has 1 N–H and O–H groups in total. The maximum atomic E-state index is 10.7. The molecule has 0 bridgehead atoms. The van der Waals surface area contributed by atoms with Gasteiger partial charge in [0.05, 0.1) is 12.0 Å². The molecule has 82 valence electrons. The summed E-state index contributed by atoms with van der Waals surface area (Å²) in [5.41, 5.74) is 0.918. The average molecular weight is 235 g/mol. The molecule has 0 saturated carbocycles. The smallest absolute Gasteiger partial charge is 0.355 e. The minimum absolute atomic E-state index is 0.0610. The van der Waals surface area contributed by atoms with Crippen molar-refractivity contribution < 1.29 is 14.6 Å². The van der Waals surface area contributed by atoms with Crippen LogP contribution in [0.25, 0.3) is 10.4 Å². The predicted octanol–water partition coefficient (Wildman–Crippen LogP) is 2.52. The number of para-hydroxylation sites is 1. The number of aromatic carboxylic acids is 1. The van der Waals surface area contributed by atoms with Crippen LogP contribution in [0, 0.1) is 0 Å². The average Bonchev–Trinajstić information content (AvgIpc) is 2.78. The van der Waals surface area contributed by atoms with Crippen LogP contribution < -0.4 is 4.74 Å². The third-order valence-electron chi connectivity index (χ3n) is 2.10. The van der Waals surface area contributed by atoms with Crippen molar-refractivity contribution in [2.75, 3.05) is 7.11 Å². The number of rotatable bonds is 3. The summed E-state index contributed by atoms with van der Waals surface area (Å²) < 4.78 is 9.05. The van der Waals surface area contributed by atoms with Gasteiger partial charge in [-0.25, -0.2) is 4.79 Å². The molecule has 0 unspecified atom stereocenters. The zero-order chi connectivity index (χ0) is 11.5. The van der Waals surface area contributed by atoms with E-state index in [1.165, 1.54) is 0 Å². The molecule has 16 heavy (non-hydrogen) atoms. The second kappa shape index (κ2) is 4.32. The highest BCUT2D eigenvalue weighted by Gasteiger charge is 2.12. The largest absolute Gasteiger partial charge is 0.496 e. The van der Waals surface area contributed by atoms with Crippen LogP contribution in [0.4, 0.5) is 0 Å². The predicted molar refractivity (Wildman–Crippen MR) is 61.1 cm³/mol. The molecule has 0 spiro atoms. The van der Waals surface area contributed by atoms with Gasteiger partial charge in [-0.15, -0.1) is 0 Å². The molecular weight excluding hydrogens is 226 g/mol. The molecule has 5 heteroatoms. The lowest BCUT2D eigenvalue weighted by atomic mass is 10.1. The van der Waals surface area contributed by atoms with E-state index >= 15 is 0 Å². The van der Waals surface area contributed by atoms with Gasteiger partial charge in [0.25, 0.3) is 0 Å². The van der Waals surface area contributed by atoms with E-state index in [-0.39, 0.29) is 5.69 Å². The van der Waals surface area contributed by atoms with Crippen LogP contribution in [0.2, 0.25) is 0 Å². The summed E-state index contributed by atoms with van der Waals surface area (Å²) >= 11 is 1.15. The number of aromatic nitrogens is 1. The first kappa shape index (κ1) is 10.6. The monoisotopic (exact) mass is 235 g/mol. The second-order valence-corrected chi connectivity index (χ2v) is 3.89. The molecule has 0 aliphatic carbocycles. The summed E-state index contributed by atoms with van der Waals surface area (Å²) in [6.07, 6.45) is 0. The number of carbonyl (C=O) groups is 1. The SMILES string of the molecule is COc1ccccc1-c1cc(C(=O)O)ns1. The Morgan fingerprint density at radius 1 is 1.44 bits per heavy atom. The molecule has 1 heterocycles. The number of carboxylic acid groups (broad SMARTS) is 1. The number of carboxylic acids is 1. The lowest BCUT2D eigenvalue weighted by Gasteiger charge is -2.04. The van der Waals surface area contributed by atoms with Crippen molar-refractivity contribution >= 4 is 17.5 Å². The van der Waals surface area contributed by atoms with Crippen LogP contribution >= 0.6 is 11.5 Å². The molecule has 1 aromatic heterocycles. The van der Waals surface area contributed by atoms with E-state index in [1.807, 2.05) is 24.3 Å². The summed E-state index contributed by atoms with van der Waals surface area (Å²) in [5, 5.41) is 8.78. The maximum absolute atomic E-state index is 10.7. The minimum Gasteiger partial charge on any atom is -0.496 e. The summed E-state index contributed by atoms with van der Waals surface area (Å²) in [6, 6.07) is 8.98. The molecule has 1 aromatic carbocycles. The van der Waals surface area contributed by atoms with E-state index in [1.54, 1.807) is 13.2 Å². The fraction of sp³-hybridized carbons (Fsp3) is 0.0909. The first-order valence-electron chi connectivity index (χ1n) is 4.56. The Kier molecular flexibility index (Phi) is 2.87.